The third-order valence-corrected chi connectivity index (χ3v) is 4.13. The molecule has 0 unspecified atom stereocenters. The summed E-state index contributed by atoms with van der Waals surface area (Å²) < 4.78 is 0. The van der Waals surface area contributed by atoms with Crippen molar-refractivity contribution in [3.8, 4) is 0 Å². The van der Waals surface area contributed by atoms with Crippen molar-refractivity contribution < 1.29 is 39.9 Å². The number of aliphatic hydroxyl groups excluding tert-OH is 2. The number of hydrogen-bond acceptors (Lipinski definition) is 7. The smallest absolute Gasteiger partial charge is 0.313 e. The van der Waals surface area contributed by atoms with E-state index in [1.807, 2.05) is 0 Å². The van der Waals surface area contributed by atoms with Gasteiger partial charge in [-0.15, -0.1) is 0 Å². The van der Waals surface area contributed by atoms with Gasteiger partial charge in [-0.05, 0) is 44.9 Å². The number of rotatable bonds is 17. The molecule has 0 atom stereocenters. The van der Waals surface area contributed by atoms with Crippen LogP contribution in [0, 0.1) is 0 Å². The summed E-state index contributed by atoms with van der Waals surface area (Å²) in [4.78, 5) is 28.9. The Bertz CT molecular complexity index is 587. The maximum absolute atomic E-state index is 10.3. The minimum absolute atomic E-state index is 0.0833. The van der Waals surface area contributed by atoms with E-state index in [1.54, 1.807) is 0 Å². The van der Waals surface area contributed by atoms with Gasteiger partial charge >= 0.3 is 17.9 Å². The third kappa shape index (κ3) is 63.5. The minimum atomic E-state index is -0.881. The first kappa shape index (κ1) is 41.1. The third-order valence-electron chi connectivity index (χ3n) is 3.59. The second-order valence-electron chi connectivity index (χ2n) is 6.93. The van der Waals surface area contributed by atoms with Crippen molar-refractivity contribution in [2.24, 2.45) is 0 Å². The zero-order chi connectivity index (χ0) is 28.3. The molecule has 0 heterocycles. The Morgan fingerprint density at radius 3 is 1.19 bits per heavy atom. The molecule has 0 amide bonds. The number of carboxylic acids is 3. The van der Waals surface area contributed by atoms with Gasteiger partial charge in [-0.3, -0.25) is 14.4 Å². The first-order chi connectivity index (χ1) is 17.2. The predicted octanol–water partition coefficient (Wildman–Crippen LogP) is 5.19. The Morgan fingerprint density at radius 1 is 0.583 bits per heavy atom. The van der Waals surface area contributed by atoms with Gasteiger partial charge in [0.1, 0.15) is 0 Å². The van der Waals surface area contributed by atoms with Crippen molar-refractivity contribution in [1.29, 1.82) is 0 Å². The molecular formula is C26H46O8S2. The quantitative estimate of drug-likeness (QED) is 0.0742. The number of allylic oxidation sites excluding steroid dienone is 8. The standard InChI is InChI=1S/C20H32O2.2C2H4O2S.C2H6O2/c1-2-3-4-5-6-7-8-9-10-11-12-13-14-15-16-17-18-19-20(21)22;2*3-2(4)1-5;3-1-2-4/h6-7,9-10,12-13,15-16H,2-5,8,11,14,17-19H2,1H3,(H,21,22);2*5H,1H2,(H,3,4);3-4H,1-2H2/b7-6-,10-9-,13-12-,16-15-;;;. The van der Waals surface area contributed by atoms with Crippen LogP contribution < -0.4 is 0 Å². The average Bonchev–Trinajstić information content (AvgIpc) is 2.86. The van der Waals surface area contributed by atoms with Crippen molar-refractivity contribution in [3.05, 3.63) is 48.6 Å². The van der Waals surface area contributed by atoms with E-state index in [-0.39, 0.29) is 31.1 Å². The molecule has 10 heteroatoms. The molecule has 0 aliphatic carbocycles. The molecule has 0 saturated carbocycles. The average molecular weight is 551 g/mol. The lowest BCUT2D eigenvalue weighted by molar-refractivity contribution is -0.137. The summed E-state index contributed by atoms with van der Waals surface area (Å²) in [6, 6.07) is 0. The number of carboxylic acid groups (broad SMARTS) is 3. The molecule has 0 bridgehead atoms. The maximum atomic E-state index is 10.3. The van der Waals surface area contributed by atoms with E-state index in [2.05, 4.69) is 80.8 Å². The van der Waals surface area contributed by atoms with Gasteiger partial charge in [0.2, 0.25) is 0 Å². The fourth-order valence-electron chi connectivity index (χ4n) is 1.93. The van der Waals surface area contributed by atoms with Crippen molar-refractivity contribution in [3.63, 3.8) is 0 Å². The van der Waals surface area contributed by atoms with Crippen LogP contribution in [0.5, 0.6) is 0 Å². The van der Waals surface area contributed by atoms with Crippen LogP contribution in [0.25, 0.3) is 0 Å². The summed E-state index contributed by atoms with van der Waals surface area (Å²) in [6.45, 7) is 1.98. The van der Waals surface area contributed by atoms with E-state index in [1.165, 1.54) is 25.7 Å². The van der Waals surface area contributed by atoms with Crippen LogP contribution in [0.2, 0.25) is 0 Å². The van der Waals surface area contributed by atoms with E-state index in [9.17, 15) is 14.4 Å². The Morgan fingerprint density at radius 2 is 0.917 bits per heavy atom. The number of unbranched alkanes of at least 4 members (excludes halogenated alkanes) is 4. The zero-order valence-corrected chi connectivity index (χ0v) is 23.2. The molecule has 0 saturated heterocycles. The highest BCUT2D eigenvalue weighted by Crippen LogP contribution is 2.01. The molecule has 0 fully saturated rings. The van der Waals surface area contributed by atoms with E-state index >= 15 is 0 Å². The van der Waals surface area contributed by atoms with Crippen LogP contribution in [0.4, 0.5) is 0 Å². The van der Waals surface area contributed by atoms with E-state index in [0.717, 1.165) is 32.1 Å². The van der Waals surface area contributed by atoms with Gasteiger partial charge in [0, 0.05) is 6.42 Å². The largest absolute Gasteiger partial charge is 0.481 e. The molecule has 0 aliphatic rings. The lowest BCUT2D eigenvalue weighted by Crippen LogP contribution is -1.92. The SMILES string of the molecule is CCCCC/C=C\C/C=C\C/C=C\C/C=C\CCCC(=O)O.O=C(O)CS.O=C(O)CS.OCCO. The number of hydrogen-bond donors (Lipinski definition) is 7. The molecule has 0 spiro atoms. The Labute approximate surface area is 227 Å². The van der Waals surface area contributed by atoms with Crippen molar-refractivity contribution in [2.45, 2.75) is 71.1 Å². The summed E-state index contributed by atoms with van der Waals surface area (Å²) >= 11 is 6.83. The fraction of sp³-hybridized carbons (Fsp3) is 0.577. The summed E-state index contributed by atoms with van der Waals surface area (Å²) in [7, 11) is 0. The molecule has 36 heavy (non-hydrogen) atoms. The highest BCUT2D eigenvalue weighted by Gasteiger charge is 1.92. The lowest BCUT2D eigenvalue weighted by atomic mass is 10.2. The van der Waals surface area contributed by atoms with Crippen LogP contribution in [-0.2, 0) is 14.4 Å². The number of thiol groups is 2. The maximum Gasteiger partial charge on any atom is 0.313 e. The number of aliphatic carboxylic acids is 3. The molecular weight excluding hydrogens is 504 g/mol. The molecule has 0 radical (unpaired) electrons. The van der Waals surface area contributed by atoms with Gasteiger partial charge in [0.05, 0.1) is 24.7 Å². The van der Waals surface area contributed by atoms with Gasteiger partial charge in [-0.25, -0.2) is 0 Å². The summed E-state index contributed by atoms with van der Waals surface area (Å²) in [5, 5.41) is 39.0. The minimum Gasteiger partial charge on any atom is -0.481 e. The number of aliphatic hydroxyl groups is 2. The molecule has 0 aromatic carbocycles. The van der Waals surface area contributed by atoms with Gasteiger partial charge in [-0.1, -0.05) is 68.4 Å². The van der Waals surface area contributed by atoms with Gasteiger partial charge in [0.15, 0.2) is 0 Å². The van der Waals surface area contributed by atoms with Gasteiger partial charge < -0.3 is 25.5 Å². The first-order valence-corrected chi connectivity index (χ1v) is 13.2. The van der Waals surface area contributed by atoms with E-state index in [0.29, 0.717) is 0 Å². The number of carbonyl (C=O) groups is 3. The second kappa shape index (κ2) is 40.2. The van der Waals surface area contributed by atoms with E-state index < -0.39 is 17.9 Å². The molecule has 0 rings (SSSR count). The van der Waals surface area contributed by atoms with E-state index in [4.69, 9.17) is 25.5 Å². The van der Waals surface area contributed by atoms with Crippen molar-refractivity contribution in [1.82, 2.24) is 0 Å². The molecule has 0 aliphatic heterocycles. The van der Waals surface area contributed by atoms with Crippen LogP contribution in [0.1, 0.15) is 71.1 Å². The lowest BCUT2D eigenvalue weighted by Gasteiger charge is -1.90. The molecule has 8 nitrogen and oxygen atoms in total. The fourth-order valence-corrected chi connectivity index (χ4v) is 1.93. The van der Waals surface area contributed by atoms with Crippen molar-refractivity contribution in [2.75, 3.05) is 24.7 Å². The van der Waals surface area contributed by atoms with Crippen LogP contribution in [-0.4, -0.2) is 68.2 Å². The molecule has 0 aromatic rings. The Hall–Kier alpha value is -2.01. The molecule has 210 valence electrons. The predicted molar refractivity (Wildman–Crippen MR) is 153 cm³/mol. The Balaban J connectivity index is -0.000000296. The van der Waals surface area contributed by atoms with Crippen LogP contribution in [0.3, 0.4) is 0 Å². The highest BCUT2D eigenvalue weighted by molar-refractivity contribution is 7.81. The van der Waals surface area contributed by atoms with Crippen LogP contribution >= 0.6 is 25.3 Å². The van der Waals surface area contributed by atoms with Crippen LogP contribution in [0.15, 0.2) is 48.6 Å². The Kier molecular flexibility index (Phi) is 45.9. The normalized spacial score (nSPS) is 10.5. The topological polar surface area (TPSA) is 152 Å². The first-order valence-electron chi connectivity index (χ1n) is 11.9. The summed E-state index contributed by atoms with van der Waals surface area (Å²) in [6.07, 6.45) is 27.3. The van der Waals surface area contributed by atoms with Gasteiger partial charge in [-0.2, -0.15) is 25.3 Å². The molecule has 5 N–H and O–H groups in total. The summed E-state index contributed by atoms with van der Waals surface area (Å²) in [5.41, 5.74) is 0. The monoisotopic (exact) mass is 550 g/mol. The van der Waals surface area contributed by atoms with Gasteiger partial charge in [0.25, 0.3) is 0 Å². The molecule has 0 aromatic heterocycles. The zero-order valence-electron chi connectivity index (χ0n) is 21.4. The highest BCUT2D eigenvalue weighted by atomic mass is 32.1. The second-order valence-corrected chi connectivity index (χ2v) is 7.56. The van der Waals surface area contributed by atoms with Crippen molar-refractivity contribution >= 4 is 43.2 Å². The summed E-state index contributed by atoms with van der Waals surface area (Å²) in [5.74, 6) is -2.64.